The maximum Gasteiger partial charge on any atom is 0.315 e. The van der Waals surface area contributed by atoms with Crippen molar-refractivity contribution in [2.75, 3.05) is 38.8 Å². The minimum absolute atomic E-state index is 0.0203. The fourth-order valence-corrected chi connectivity index (χ4v) is 8.43. The number of aldehydes is 1. The number of fused-ring (bicyclic) bond motifs is 2. The van der Waals surface area contributed by atoms with E-state index in [4.69, 9.17) is 9.47 Å². The second kappa shape index (κ2) is 17.7. The number of thioether (sulfide) groups is 2. The van der Waals surface area contributed by atoms with Crippen LogP contribution >= 0.6 is 23.5 Å². The Balaban J connectivity index is 0.000000228. The maximum absolute atomic E-state index is 11.7. The van der Waals surface area contributed by atoms with Gasteiger partial charge >= 0.3 is 12.1 Å². The van der Waals surface area contributed by atoms with E-state index in [0.29, 0.717) is 36.2 Å². The van der Waals surface area contributed by atoms with Gasteiger partial charge in [-0.3, -0.25) is 9.59 Å². The SMILES string of the molecule is COC(CNC(=O)CCCC[C@@H]1SC[C@@H]2NC(=O)N[C@@H]21)OC.O=CCNC(=O)CCCC[C@@H]1SC[C@@H]2NC(=O)N[C@@H]21. The first-order valence-electron chi connectivity index (χ1n) is 14.2. The highest BCUT2D eigenvalue weighted by molar-refractivity contribution is 8.00. The van der Waals surface area contributed by atoms with E-state index in [9.17, 15) is 24.0 Å². The summed E-state index contributed by atoms with van der Waals surface area (Å²) < 4.78 is 10.0. The second-order valence-electron chi connectivity index (χ2n) is 10.4. The van der Waals surface area contributed by atoms with Crippen molar-refractivity contribution in [1.82, 2.24) is 31.9 Å². The minimum atomic E-state index is -0.394. The lowest BCUT2D eigenvalue weighted by molar-refractivity contribution is -0.127. The minimum Gasteiger partial charge on any atom is -0.354 e. The summed E-state index contributed by atoms with van der Waals surface area (Å²) in [7, 11) is 3.09. The number of rotatable bonds is 16. The van der Waals surface area contributed by atoms with Gasteiger partial charge in [-0.25, -0.2) is 9.59 Å². The molecule has 0 saturated carbocycles. The highest BCUT2D eigenvalue weighted by atomic mass is 32.2. The third-order valence-electron chi connectivity index (χ3n) is 7.54. The molecule has 13 nitrogen and oxygen atoms in total. The summed E-state index contributed by atoms with van der Waals surface area (Å²) in [4.78, 5) is 55.6. The smallest absolute Gasteiger partial charge is 0.315 e. The molecule has 4 fully saturated rings. The molecule has 6 N–H and O–H groups in total. The molecule has 0 radical (unpaired) electrons. The van der Waals surface area contributed by atoms with Gasteiger partial charge in [-0.2, -0.15) is 23.5 Å². The number of hydrogen-bond acceptors (Lipinski definition) is 9. The fraction of sp³-hybridized carbons (Fsp3) is 0.808. The molecule has 0 unspecified atom stereocenters. The van der Waals surface area contributed by atoms with Crippen LogP contribution in [0.3, 0.4) is 0 Å². The summed E-state index contributed by atoms with van der Waals surface area (Å²) in [5.41, 5.74) is 0. The van der Waals surface area contributed by atoms with E-state index in [0.717, 1.165) is 50.0 Å². The van der Waals surface area contributed by atoms with Crippen LogP contribution in [0.4, 0.5) is 9.59 Å². The Morgan fingerprint density at radius 3 is 1.78 bits per heavy atom. The first-order valence-corrected chi connectivity index (χ1v) is 16.3. The van der Waals surface area contributed by atoms with Gasteiger partial charge in [-0.15, -0.1) is 0 Å². The molecule has 0 aromatic rings. The lowest BCUT2D eigenvalue weighted by Gasteiger charge is -2.16. The van der Waals surface area contributed by atoms with E-state index >= 15 is 0 Å². The van der Waals surface area contributed by atoms with E-state index in [2.05, 4.69) is 31.9 Å². The van der Waals surface area contributed by atoms with Crippen molar-refractivity contribution in [3.05, 3.63) is 0 Å². The van der Waals surface area contributed by atoms with Crippen molar-refractivity contribution >= 4 is 53.7 Å². The summed E-state index contributed by atoms with van der Waals surface area (Å²) in [6.45, 7) is 0.463. The molecule has 4 rings (SSSR count). The number of amides is 6. The molecule has 6 amide bonds. The number of carbonyl (C=O) groups excluding carboxylic acids is 5. The average Bonchev–Trinajstić information content (AvgIpc) is 3.71. The molecule has 4 aliphatic rings. The van der Waals surface area contributed by atoms with E-state index in [-0.39, 0.29) is 54.6 Å². The zero-order chi connectivity index (χ0) is 29.6. The van der Waals surface area contributed by atoms with Gasteiger partial charge in [0.25, 0.3) is 0 Å². The Bertz CT molecular complexity index is 896. The zero-order valence-electron chi connectivity index (χ0n) is 23.8. The van der Waals surface area contributed by atoms with E-state index in [1.807, 2.05) is 23.5 Å². The summed E-state index contributed by atoms with van der Waals surface area (Å²) in [6, 6.07) is 0.903. The summed E-state index contributed by atoms with van der Waals surface area (Å²) in [6.07, 6.45) is 6.92. The summed E-state index contributed by atoms with van der Waals surface area (Å²) in [5.74, 6) is 1.89. The van der Waals surface area contributed by atoms with Crippen LogP contribution in [0.25, 0.3) is 0 Å². The number of methoxy groups -OCH3 is 2. The largest absolute Gasteiger partial charge is 0.354 e. The quantitative estimate of drug-likeness (QED) is 0.0623. The molecule has 0 bridgehead atoms. The van der Waals surface area contributed by atoms with Gasteiger partial charge in [0.05, 0.1) is 37.3 Å². The van der Waals surface area contributed by atoms with Crippen molar-refractivity contribution in [3.8, 4) is 0 Å². The van der Waals surface area contributed by atoms with Crippen LogP contribution in [-0.2, 0) is 23.9 Å². The highest BCUT2D eigenvalue weighted by Gasteiger charge is 2.43. The fourth-order valence-electron chi connectivity index (χ4n) is 5.34. The topological polar surface area (TPSA) is 176 Å². The first-order chi connectivity index (χ1) is 19.8. The number of nitrogens with one attached hydrogen (secondary N) is 6. The molecule has 0 aromatic heterocycles. The average molecular weight is 617 g/mol. The lowest BCUT2D eigenvalue weighted by atomic mass is 10.0. The molecule has 0 spiro atoms. The van der Waals surface area contributed by atoms with Crippen molar-refractivity contribution in [2.45, 2.75) is 92.3 Å². The van der Waals surface area contributed by atoms with Gasteiger partial charge in [-0.05, 0) is 25.7 Å². The predicted octanol–water partition coefficient (Wildman–Crippen LogP) is 0.475. The van der Waals surface area contributed by atoms with E-state index in [1.54, 1.807) is 14.2 Å². The zero-order valence-corrected chi connectivity index (χ0v) is 25.4. The number of unbranched alkanes of at least 4 members (excludes halogenated alkanes) is 2. The molecule has 0 aliphatic carbocycles. The molecule has 4 aliphatic heterocycles. The summed E-state index contributed by atoms with van der Waals surface area (Å²) >= 11 is 3.79. The standard InChI is InChI=1S/C14H25N3O4S.C12H19N3O3S/c1-20-12(21-2)7-15-11(18)6-4-3-5-10-13-9(8-22-10)16-14(19)17-13;16-6-5-13-10(17)4-2-1-3-9-11-8(7-19-9)14-12(18)15-11/h9-10,12-13H,3-8H2,1-2H3,(H,15,18)(H2,16,17,19);6,8-9,11H,1-5,7H2,(H,13,17)(H2,14,15,18)/t9-,10-,13-;8-,9-,11-/m00/s1. The molecule has 15 heteroatoms. The van der Waals surface area contributed by atoms with Crippen LogP contribution in [0.5, 0.6) is 0 Å². The Labute approximate surface area is 249 Å². The number of hydrogen-bond donors (Lipinski definition) is 6. The van der Waals surface area contributed by atoms with E-state index in [1.165, 1.54) is 0 Å². The molecule has 232 valence electrons. The molecule has 6 atom stereocenters. The monoisotopic (exact) mass is 616 g/mol. The predicted molar refractivity (Wildman–Crippen MR) is 158 cm³/mol. The number of ether oxygens (including phenoxy) is 2. The third-order valence-corrected chi connectivity index (χ3v) is 10.6. The Kier molecular flexibility index (Phi) is 14.3. The Morgan fingerprint density at radius 2 is 1.32 bits per heavy atom. The van der Waals surface area contributed by atoms with Gasteiger partial charge in [0.1, 0.15) is 6.29 Å². The molecular formula is C26H44N6O7S2. The maximum atomic E-state index is 11.7. The van der Waals surface area contributed by atoms with Gasteiger partial charge in [0.2, 0.25) is 11.8 Å². The highest BCUT2D eigenvalue weighted by Crippen LogP contribution is 2.34. The molecule has 4 heterocycles. The van der Waals surface area contributed by atoms with Crippen molar-refractivity contribution in [3.63, 3.8) is 0 Å². The van der Waals surface area contributed by atoms with Crippen LogP contribution in [0, 0.1) is 0 Å². The molecule has 41 heavy (non-hydrogen) atoms. The molecule has 4 saturated heterocycles. The van der Waals surface area contributed by atoms with Crippen LogP contribution in [0.15, 0.2) is 0 Å². The second-order valence-corrected chi connectivity index (χ2v) is 13.0. The Hall–Kier alpha value is -2.23. The van der Waals surface area contributed by atoms with Crippen LogP contribution in [-0.4, -0.2) is 110 Å². The van der Waals surface area contributed by atoms with Crippen LogP contribution in [0.1, 0.15) is 51.4 Å². The number of carbonyl (C=O) groups is 5. The summed E-state index contributed by atoms with van der Waals surface area (Å²) in [5, 5.41) is 18.0. The van der Waals surface area contributed by atoms with E-state index < -0.39 is 6.29 Å². The lowest BCUT2D eigenvalue weighted by Crippen LogP contribution is -2.36. The van der Waals surface area contributed by atoms with Crippen LogP contribution < -0.4 is 31.9 Å². The third kappa shape index (κ3) is 10.8. The first kappa shape index (κ1) is 33.3. The van der Waals surface area contributed by atoms with Gasteiger partial charge in [0.15, 0.2) is 6.29 Å². The van der Waals surface area contributed by atoms with Gasteiger partial charge < -0.3 is 46.2 Å². The normalized spacial score (nSPS) is 27.5. The molecule has 0 aromatic carbocycles. The molecular weight excluding hydrogens is 572 g/mol. The Morgan fingerprint density at radius 1 is 0.829 bits per heavy atom. The van der Waals surface area contributed by atoms with Gasteiger partial charge in [0, 0.05) is 49.1 Å². The van der Waals surface area contributed by atoms with Crippen molar-refractivity contribution in [2.24, 2.45) is 0 Å². The van der Waals surface area contributed by atoms with Crippen molar-refractivity contribution in [1.29, 1.82) is 0 Å². The number of urea groups is 2. The van der Waals surface area contributed by atoms with Crippen LogP contribution in [0.2, 0.25) is 0 Å². The van der Waals surface area contributed by atoms with Crippen molar-refractivity contribution < 1.29 is 33.4 Å². The van der Waals surface area contributed by atoms with Gasteiger partial charge in [-0.1, -0.05) is 12.8 Å².